The molecule has 0 saturated carbocycles. The fourth-order valence-electron chi connectivity index (χ4n) is 3.56. The van der Waals surface area contributed by atoms with Gasteiger partial charge in [0.05, 0.1) is 0 Å². The van der Waals surface area contributed by atoms with Crippen LogP contribution in [-0.4, -0.2) is 6.29 Å². The van der Waals surface area contributed by atoms with Crippen LogP contribution in [0.15, 0.2) is 84.5 Å². The summed E-state index contributed by atoms with van der Waals surface area (Å²) < 4.78 is 12.5. The van der Waals surface area contributed by atoms with E-state index in [0.29, 0.717) is 0 Å². The van der Waals surface area contributed by atoms with Crippen molar-refractivity contribution in [2.24, 2.45) is 0 Å². The minimum absolute atomic E-state index is 0.0846. The van der Waals surface area contributed by atoms with Gasteiger partial charge in [0.2, 0.25) is 0 Å². The minimum atomic E-state index is -0.307. The van der Waals surface area contributed by atoms with Gasteiger partial charge >= 0.3 is 0 Å². The highest BCUT2D eigenvalue weighted by molar-refractivity contribution is 5.27. The lowest BCUT2D eigenvalue weighted by Crippen LogP contribution is -2.06. The average Bonchev–Trinajstić information content (AvgIpc) is 3.13. The molecule has 0 unspecified atom stereocenters. The van der Waals surface area contributed by atoms with Gasteiger partial charge in [0.15, 0.2) is 6.29 Å². The van der Waals surface area contributed by atoms with E-state index in [2.05, 4.69) is 66.8 Å². The first kappa shape index (κ1) is 16.3. The van der Waals surface area contributed by atoms with E-state index in [1.54, 1.807) is 0 Å². The van der Waals surface area contributed by atoms with E-state index >= 15 is 0 Å². The summed E-state index contributed by atoms with van der Waals surface area (Å²) >= 11 is 0. The smallest absolute Gasteiger partial charge is 0.178 e. The lowest BCUT2D eigenvalue weighted by molar-refractivity contribution is -0.0291. The Kier molecular flexibility index (Phi) is 5.10. The molecule has 2 aliphatic rings. The molecule has 2 aromatic rings. The summed E-state index contributed by atoms with van der Waals surface area (Å²) in [7, 11) is 0. The lowest BCUT2D eigenvalue weighted by atomic mass is 9.99. The first-order valence-corrected chi connectivity index (χ1v) is 9.18. The van der Waals surface area contributed by atoms with Gasteiger partial charge in [-0.15, -0.1) is 0 Å². The van der Waals surface area contributed by atoms with Gasteiger partial charge in [-0.1, -0.05) is 78.4 Å². The molecule has 0 aromatic heterocycles. The van der Waals surface area contributed by atoms with E-state index < -0.39 is 0 Å². The van der Waals surface area contributed by atoms with Crippen molar-refractivity contribution in [1.29, 1.82) is 0 Å². The third-order valence-corrected chi connectivity index (χ3v) is 4.89. The van der Waals surface area contributed by atoms with Gasteiger partial charge in [-0.3, -0.25) is 0 Å². The number of hydrogen-bond donors (Lipinski definition) is 0. The van der Waals surface area contributed by atoms with E-state index in [9.17, 15) is 0 Å². The van der Waals surface area contributed by atoms with Crippen molar-refractivity contribution in [1.82, 2.24) is 0 Å². The van der Waals surface area contributed by atoms with Crippen LogP contribution < -0.4 is 0 Å². The second kappa shape index (κ2) is 7.81. The first-order valence-electron chi connectivity index (χ1n) is 9.18. The predicted octanol–water partition coefficient (Wildman–Crippen LogP) is 5.90. The fraction of sp³-hybridized carbons (Fsp3) is 0.304. The third-order valence-electron chi connectivity index (χ3n) is 4.89. The normalized spacial score (nSPS) is 24.6. The highest BCUT2D eigenvalue weighted by Crippen LogP contribution is 2.42. The molecule has 1 fully saturated rings. The van der Waals surface area contributed by atoms with Crippen LogP contribution in [0.4, 0.5) is 0 Å². The molecule has 25 heavy (non-hydrogen) atoms. The molecular weight excluding hydrogens is 308 g/mol. The second-order valence-electron chi connectivity index (χ2n) is 6.69. The van der Waals surface area contributed by atoms with Crippen LogP contribution in [0.2, 0.25) is 0 Å². The Morgan fingerprint density at radius 1 is 0.760 bits per heavy atom. The minimum Gasteiger partial charge on any atom is -0.338 e. The van der Waals surface area contributed by atoms with E-state index in [-0.39, 0.29) is 18.5 Å². The van der Waals surface area contributed by atoms with Crippen LogP contribution in [0.3, 0.4) is 0 Å². The lowest BCUT2D eigenvalue weighted by Gasteiger charge is -2.17. The van der Waals surface area contributed by atoms with Crippen molar-refractivity contribution < 1.29 is 9.47 Å². The first-order chi connectivity index (χ1) is 12.4. The predicted molar refractivity (Wildman–Crippen MR) is 100 cm³/mol. The molecule has 1 aliphatic carbocycles. The zero-order valence-corrected chi connectivity index (χ0v) is 14.4. The van der Waals surface area contributed by atoms with Crippen LogP contribution in [0, 0.1) is 0 Å². The molecule has 4 rings (SSSR count). The quantitative estimate of drug-likeness (QED) is 0.694. The van der Waals surface area contributed by atoms with Gasteiger partial charge in [0, 0.05) is 0 Å². The molecule has 0 spiro atoms. The van der Waals surface area contributed by atoms with E-state index in [4.69, 9.17) is 9.47 Å². The number of allylic oxidation sites excluding steroid dienone is 3. The van der Waals surface area contributed by atoms with Crippen LogP contribution in [0.5, 0.6) is 0 Å². The van der Waals surface area contributed by atoms with Crippen molar-refractivity contribution in [3.63, 3.8) is 0 Å². The monoisotopic (exact) mass is 332 g/mol. The third kappa shape index (κ3) is 3.92. The SMILES string of the molecule is C1=C(/C=C/C2O[C@H](c3ccccc3)[C@@H](c3ccccc3)O2)CCCC1. The van der Waals surface area contributed by atoms with Gasteiger partial charge in [0.1, 0.15) is 12.2 Å². The highest BCUT2D eigenvalue weighted by atomic mass is 16.7. The van der Waals surface area contributed by atoms with E-state index in [0.717, 1.165) is 17.5 Å². The molecule has 1 heterocycles. The molecule has 2 nitrogen and oxygen atoms in total. The Morgan fingerprint density at radius 2 is 1.36 bits per heavy atom. The number of benzene rings is 2. The molecule has 0 bridgehead atoms. The van der Waals surface area contributed by atoms with Crippen LogP contribution in [-0.2, 0) is 9.47 Å². The molecule has 0 amide bonds. The number of hydrogen-bond acceptors (Lipinski definition) is 2. The van der Waals surface area contributed by atoms with Crippen LogP contribution in [0.1, 0.15) is 49.0 Å². The molecule has 0 radical (unpaired) electrons. The zero-order valence-electron chi connectivity index (χ0n) is 14.4. The van der Waals surface area contributed by atoms with E-state index in [1.165, 1.54) is 24.8 Å². The molecule has 1 aliphatic heterocycles. The molecule has 1 saturated heterocycles. The summed E-state index contributed by atoms with van der Waals surface area (Å²) in [5, 5.41) is 0. The Bertz CT molecular complexity index is 686. The van der Waals surface area contributed by atoms with Gasteiger partial charge < -0.3 is 9.47 Å². The van der Waals surface area contributed by atoms with Crippen molar-refractivity contribution in [3.8, 4) is 0 Å². The number of rotatable bonds is 4. The summed E-state index contributed by atoms with van der Waals surface area (Å²) in [6.07, 6.45) is 11.0. The van der Waals surface area contributed by atoms with Crippen molar-refractivity contribution in [2.75, 3.05) is 0 Å². The van der Waals surface area contributed by atoms with Gasteiger partial charge in [0.25, 0.3) is 0 Å². The fourth-order valence-corrected chi connectivity index (χ4v) is 3.56. The maximum Gasteiger partial charge on any atom is 0.178 e. The van der Waals surface area contributed by atoms with Crippen molar-refractivity contribution in [3.05, 3.63) is 95.6 Å². The average molecular weight is 332 g/mol. The largest absolute Gasteiger partial charge is 0.338 e. The van der Waals surface area contributed by atoms with Gasteiger partial charge in [-0.2, -0.15) is 0 Å². The summed E-state index contributed by atoms with van der Waals surface area (Å²) in [5.41, 5.74) is 3.71. The highest BCUT2D eigenvalue weighted by Gasteiger charge is 2.36. The van der Waals surface area contributed by atoms with Crippen molar-refractivity contribution >= 4 is 0 Å². The van der Waals surface area contributed by atoms with Crippen molar-refractivity contribution in [2.45, 2.75) is 44.2 Å². The molecular formula is C23H24O2. The molecule has 2 atom stereocenters. The summed E-state index contributed by atoms with van der Waals surface area (Å²) in [4.78, 5) is 0. The standard InChI is InChI=1S/C23H24O2/c1-4-10-18(11-5-1)16-17-21-24-22(19-12-6-2-7-13-19)23(25-21)20-14-8-3-9-15-20/h2-3,6-10,12-17,21-23H,1,4-5,11H2/b17-16+/t22-,23-/m1/s1. The van der Waals surface area contributed by atoms with Gasteiger partial charge in [-0.05, 0) is 42.9 Å². The maximum absolute atomic E-state index is 6.27. The van der Waals surface area contributed by atoms with Crippen LogP contribution >= 0.6 is 0 Å². The second-order valence-corrected chi connectivity index (χ2v) is 6.69. The summed E-state index contributed by atoms with van der Waals surface area (Å²) in [6.45, 7) is 0. The Labute approximate surface area is 149 Å². The molecule has 0 N–H and O–H groups in total. The number of ether oxygens (including phenoxy) is 2. The van der Waals surface area contributed by atoms with Crippen LogP contribution in [0.25, 0.3) is 0 Å². The Balaban J connectivity index is 1.56. The zero-order chi connectivity index (χ0) is 16.9. The molecule has 2 aromatic carbocycles. The van der Waals surface area contributed by atoms with E-state index in [1.807, 2.05) is 12.1 Å². The Hall–Kier alpha value is -2.16. The Morgan fingerprint density at radius 3 is 1.88 bits per heavy atom. The summed E-state index contributed by atoms with van der Waals surface area (Å²) in [5.74, 6) is 0. The molecule has 128 valence electrons. The topological polar surface area (TPSA) is 18.5 Å². The van der Waals surface area contributed by atoms with Gasteiger partial charge in [-0.25, -0.2) is 0 Å². The maximum atomic E-state index is 6.27. The summed E-state index contributed by atoms with van der Waals surface area (Å²) in [6, 6.07) is 20.7. The molecule has 2 heteroatoms.